The number of rotatable bonds is 7. The lowest BCUT2D eigenvalue weighted by atomic mass is 9.94. The molecule has 1 unspecified atom stereocenters. The summed E-state index contributed by atoms with van der Waals surface area (Å²) < 4.78 is 10.8. The average Bonchev–Trinajstić information content (AvgIpc) is 3.29. The van der Waals surface area contributed by atoms with Crippen LogP contribution in [0.2, 0.25) is 0 Å². The quantitative estimate of drug-likeness (QED) is 0.516. The number of nitrogens with zero attached hydrogens (tertiary/aromatic N) is 2. The smallest absolute Gasteiger partial charge is 0.290 e. The number of hydrogen-bond donors (Lipinski definition) is 1. The van der Waals surface area contributed by atoms with Gasteiger partial charge < -0.3 is 19.5 Å². The van der Waals surface area contributed by atoms with E-state index in [1.165, 1.54) is 30.5 Å². The molecule has 0 spiro atoms. The van der Waals surface area contributed by atoms with Crippen molar-refractivity contribution in [3.8, 4) is 11.5 Å². The van der Waals surface area contributed by atoms with Crippen molar-refractivity contribution in [2.24, 2.45) is 0 Å². The summed E-state index contributed by atoms with van der Waals surface area (Å²) in [4.78, 5) is 33.1. The molecule has 0 aliphatic carbocycles. The number of aliphatic hydroxyl groups excluding tert-OH is 1. The molecule has 0 fully saturated rings. The van der Waals surface area contributed by atoms with Gasteiger partial charge in [0.05, 0.1) is 41.4 Å². The van der Waals surface area contributed by atoms with Gasteiger partial charge in [-0.05, 0) is 37.1 Å². The Morgan fingerprint density at radius 2 is 1.79 bits per heavy atom. The molecule has 0 saturated carbocycles. The van der Waals surface area contributed by atoms with Crippen LogP contribution in [0.25, 0.3) is 0 Å². The highest BCUT2D eigenvalue weighted by molar-refractivity contribution is 7.14. The van der Waals surface area contributed by atoms with E-state index in [1.807, 2.05) is 37.3 Å². The summed E-state index contributed by atoms with van der Waals surface area (Å²) >= 11 is 1.25. The van der Waals surface area contributed by atoms with E-state index in [1.54, 1.807) is 25.1 Å². The minimum absolute atomic E-state index is 0.0369. The first-order valence-electron chi connectivity index (χ1n) is 10.3. The Kier molecular flexibility index (Phi) is 6.20. The van der Waals surface area contributed by atoms with E-state index in [2.05, 4.69) is 4.98 Å². The van der Waals surface area contributed by atoms with Crippen molar-refractivity contribution in [1.82, 2.24) is 9.88 Å². The normalized spacial score (nSPS) is 15.8. The highest BCUT2D eigenvalue weighted by Gasteiger charge is 2.44. The lowest BCUT2D eigenvalue weighted by molar-refractivity contribution is -0.130. The van der Waals surface area contributed by atoms with Gasteiger partial charge in [-0.25, -0.2) is 4.98 Å². The van der Waals surface area contributed by atoms with Crippen LogP contribution >= 0.6 is 11.3 Å². The largest absolute Gasteiger partial charge is 0.503 e. The topological polar surface area (TPSA) is 89.0 Å². The number of hydrogen-bond acceptors (Lipinski definition) is 7. The predicted octanol–water partition coefficient (Wildman–Crippen LogP) is 4.56. The molecule has 0 radical (unpaired) electrons. The molecule has 4 rings (SSSR count). The number of benzene rings is 2. The SMILES string of the molecule is COc1ccc(C2C(C(=O)c3sc(C)nc3C)=C(O)C(=O)N2Cc2ccccc2)cc1OC. The molecule has 1 aliphatic heterocycles. The first-order chi connectivity index (χ1) is 15.8. The van der Waals surface area contributed by atoms with Gasteiger partial charge in [-0.15, -0.1) is 11.3 Å². The van der Waals surface area contributed by atoms with Gasteiger partial charge in [-0.3, -0.25) is 9.59 Å². The number of ether oxygens (including phenoxy) is 2. The molecule has 1 aromatic heterocycles. The Morgan fingerprint density at radius 1 is 1.09 bits per heavy atom. The summed E-state index contributed by atoms with van der Waals surface area (Å²) in [5.41, 5.74) is 2.11. The van der Waals surface area contributed by atoms with Crippen molar-refractivity contribution in [1.29, 1.82) is 0 Å². The molecule has 1 aliphatic rings. The fourth-order valence-electron chi connectivity index (χ4n) is 4.06. The Hall–Kier alpha value is -3.65. The summed E-state index contributed by atoms with van der Waals surface area (Å²) in [5, 5.41) is 11.6. The molecule has 0 saturated heterocycles. The minimum Gasteiger partial charge on any atom is -0.503 e. The van der Waals surface area contributed by atoms with Crippen molar-refractivity contribution >= 4 is 23.0 Å². The first-order valence-corrected chi connectivity index (χ1v) is 11.2. The Morgan fingerprint density at radius 3 is 2.39 bits per heavy atom. The molecule has 3 aromatic rings. The van der Waals surface area contributed by atoms with E-state index in [0.29, 0.717) is 27.6 Å². The Balaban J connectivity index is 1.85. The third-order valence-corrected chi connectivity index (χ3v) is 6.65. The minimum atomic E-state index is -0.799. The third-order valence-electron chi connectivity index (χ3n) is 5.58. The summed E-state index contributed by atoms with van der Waals surface area (Å²) in [5.74, 6) is -0.554. The number of amides is 1. The van der Waals surface area contributed by atoms with Crippen molar-refractivity contribution < 1.29 is 24.2 Å². The zero-order chi connectivity index (χ0) is 23.7. The van der Waals surface area contributed by atoms with Crippen LogP contribution < -0.4 is 9.47 Å². The Labute approximate surface area is 195 Å². The lowest BCUT2D eigenvalue weighted by Crippen LogP contribution is -2.30. The lowest BCUT2D eigenvalue weighted by Gasteiger charge is -2.27. The number of methoxy groups -OCH3 is 2. The molecular weight excluding hydrogens is 440 g/mol. The van der Waals surface area contributed by atoms with Gasteiger partial charge in [0.1, 0.15) is 0 Å². The van der Waals surface area contributed by atoms with Crippen LogP contribution in [0, 0.1) is 13.8 Å². The number of aromatic nitrogens is 1. The monoisotopic (exact) mass is 464 g/mol. The number of ketones is 1. The number of Topliss-reactive ketones (excluding diaryl/α,β-unsaturated/α-hetero) is 1. The molecule has 7 nitrogen and oxygen atoms in total. The molecule has 8 heteroatoms. The van der Waals surface area contributed by atoms with Gasteiger partial charge in [0, 0.05) is 6.54 Å². The van der Waals surface area contributed by atoms with Crippen LogP contribution in [-0.2, 0) is 11.3 Å². The molecule has 2 heterocycles. The van der Waals surface area contributed by atoms with Crippen LogP contribution in [0.15, 0.2) is 59.9 Å². The maximum absolute atomic E-state index is 13.6. The maximum Gasteiger partial charge on any atom is 0.290 e. The van der Waals surface area contributed by atoms with E-state index in [0.717, 1.165) is 10.6 Å². The van der Waals surface area contributed by atoms with Crippen LogP contribution in [0.5, 0.6) is 11.5 Å². The summed E-state index contributed by atoms with van der Waals surface area (Å²) in [6, 6.07) is 13.9. The van der Waals surface area contributed by atoms with Crippen molar-refractivity contribution in [2.75, 3.05) is 14.2 Å². The number of carbonyl (C=O) groups excluding carboxylic acids is 2. The summed E-state index contributed by atoms with van der Waals surface area (Å²) in [6.07, 6.45) is 0. The molecule has 170 valence electrons. The van der Waals surface area contributed by atoms with E-state index in [-0.39, 0.29) is 12.1 Å². The molecular formula is C25H24N2O5S. The number of thiazole rings is 1. The van der Waals surface area contributed by atoms with Gasteiger partial charge in [0.2, 0.25) is 5.78 Å². The van der Waals surface area contributed by atoms with E-state index >= 15 is 0 Å². The van der Waals surface area contributed by atoms with Gasteiger partial charge in [-0.2, -0.15) is 0 Å². The van der Waals surface area contributed by atoms with Crippen molar-refractivity contribution in [2.45, 2.75) is 26.4 Å². The second-order valence-electron chi connectivity index (χ2n) is 7.67. The zero-order valence-electron chi connectivity index (χ0n) is 18.8. The van der Waals surface area contributed by atoms with E-state index < -0.39 is 23.5 Å². The molecule has 1 N–H and O–H groups in total. The highest BCUT2D eigenvalue weighted by Crippen LogP contribution is 2.43. The van der Waals surface area contributed by atoms with Crippen LogP contribution in [0.1, 0.15) is 37.5 Å². The third kappa shape index (κ3) is 4.09. The standard InChI is InChI=1S/C25H24N2O5S/c1-14-24(33-15(2)26-14)22(28)20-21(17-10-11-18(31-3)19(12-17)32-4)27(25(30)23(20)29)13-16-8-6-5-7-9-16/h5-12,21,29H,13H2,1-4H3. The first kappa shape index (κ1) is 22.5. The van der Waals surface area contributed by atoms with Gasteiger partial charge in [-0.1, -0.05) is 36.4 Å². The zero-order valence-corrected chi connectivity index (χ0v) is 19.6. The van der Waals surface area contributed by atoms with Crippen LogP contribution in [0.3, 0.4) is 0 Å². The van der Waals surface area contributed by atoms with Crippen molar-refractivity contribution in [3.63, 3.8) is 0 Å². The average molecular weight is 465 g/mol. The second-order valence-corrected chi connectivity index (χ2v) is 8.88. The van der Waals surface area contributed by atoms with Crippen LogP contribution in [0.4, 0.5) is 0 Å². The Bertz CT molecular complexity index is 1250. The van der Waals surface area contributed by atoms with Crippen LogP contribution in [-0.4, -0.2) is 40.9 Å². The number of carbonyl (C=O) groups is 2. The number of aliphatic hydroxyl groups is 1. The van der Waals surface area contributed by atoms with Crippen molar-refractivity contribution in [3.05, 3.63) is 86.6 Å². The van der Waals surface area contributed by atoms with E-state index in [9.17, 15) is 14.7 Å². The van der Waals surface area contributed by atoms with Gasteiger partial charge >= 0.3 is 0 Å². The maximum atomic E-state index is 13.6. The van der Waals surface area contributed by atoms with Gasteiger partial charge in [0.25, 0.3) is 5.91 Å². The summed E-state index contributed by atoms with van der Waals surface area (Å²) in [7, 11) is 3.06. The van der Waals surface area contributed by atoms with Gasteiger partial charge in [0.15, 0.2) is 17.3 Å². The second kappa shape index (κ2) is 9.07. The predicted molar refractivity (Wildman–Crippen MR) is 125 cm³/mol. The molecule has 0 bridgehead atoms. The highest BCUT2D eigenvalue weighted by atomic mass is 32.1. The van der Waals surface area contributed by atoms with E-state index in [4.69, 9.17) is 9.47 Å². The fraction of sp³-hybridized carbons (Fsp3) is 0.240. The fourth-order valence-corrected chi connectivity index (χ4v) is 4.94. The molecule has 33 heavy (non-hydrogen) atoms. The summed E-state index contributed by atoms with van der Waals surface area (Å²) in [6.45, 7) is 3.79. The molecule has 1 amide bonds. The number of aryl methyl sites for hydroxylation is 2. The molecule has 2 aromatic carbocycles. The molecule has 1 atom stereocenters.